The Balaban J connectivity index is 1.41. The highest BCUT2D eigenvalue weighted by molar-refractivity contribution is 6.33. The Bertz CT molecular complexity index is 1370. The molecule has 5 rings (SSSR count). The van der Waals surface area contributed by atoms with Gasteiger partial charge in [0.25, 0.3) is 0 Å². The fourth-order valence-electron chi connectivity index (χ4n) is 4.05. The van der Waals surface area contributed by atoms with E-state index in [0.29, 0.717) is 29.8 Å². The third-order valence-corrected chi connectivity index (χ3v) is 6.17. The molecule has 1 aliphatic heterocycles. The molecule has 2 aromatic carbocycles. The molecule has 2 N–H and O–H groups in total. The van der Waals surface area contributed by atoms with Crippen LogP contribution in [-0.2, 0) is 24.8 Å². The van der Waals surface area contributed by atoms with Crippen molar-refractivity contribution in [3.8, 4) is 11.4 Å². The summed E-state index contributed by atoms with van der Waals surface area (Å²) in [5.41, 5.74) is 4.93. The number of halogens is 1. The zero-order chi connectivity index (χ0) is 23.7. The van der Waals surface area contributed by atoms with E-state index in [1.165, 1.54) is 5.56 Å². The molecular formula is C25H24ClN7O. The summed E-state index contributed by atoms with van der Waals surface area (Å²) in [5, 5.41) is 7.00. The second-order valence-corrected chi connectivity index (χ2v) is 8.69. The van der Waals surface area contributed by atoms with E-state index in [9.17, 15) is 4.79 Å². The van der Waals surface area contributed by atoms with Crippen LogP contribution in [0.25, 0.3) is 11.4 Å². The van der Waals surface area contributed by atoms with Gasteiger partial charge in [-0.3, -0.25) is 4.79 Å². The van der Waals surface area contributed by atoms with Gasteiger partial charge in [0.2, 0.25) is 11.9 Å². The van der Waals surface area contributed by atoms with Gasteiger partial charge in [-0.1, -0.05) is 29.8 Å². The maximum atomic E-state index is 12.1. The van der Waals surface area contributed by atoms with Gasteiger partial charge in [-0.05, 0) is 41.8 Å². The van der Waals surface area contributed by atoms with Crippen molar-refractivity contribution < 1.29 is 4.79 Å². The van der Waals surface area contributed by atoms with Crippen molar-refractivity contribution in [1.82, 2.24) is 24.4 Å². The number of carbonyl (C=O) groups excluding carboxylic acids is 1. The van der Waals surface area contributed by atoms with Crippen LogP contribution in [-0.4, -0.2) is 37.4 Å². The third-order valence-electron chi connectivity index (χ3n) is 5.89. The van der Waals surface area contributed by atoms with Gasteiger partial charge in [-0.25, -0.2) is 9.97 Å². The molecular weight excluding hydrogens is 450 g/mol. The van der Waals surface area contributed by atoms with E-state index >= 15 is 0 Å². The summed E-state index contributed by atoms with van der Waals surface area (Å²) in [7, 11) is 3.79. The fourth-order valence-corrected chi connectivity index (χ4v) is 4.19. The van der Waals surface area contributed by atoms with Crippen molar-refractivity contribution in [3.63, 3.8) is 0 Å². The molecule has 0 aliphatic carbocycles. The summed E-state index contributed by atoms with van der Waals surface area (Å²) < 4.78 is 1.96. The topological polar surface area (TPSA) is 88.0 Å². The normalized spacial score (nSPS) is 13.4. The van der Waals surface area contributed by atoms with E-state index in [1.54, 1.807) is 17.3 Å². The predicted octanol–water partition coefficient (Wildman–Crippen LogP) is 4.92. The van der Waals surface area contributed by atoms with Crippen molar-refractivity contribution in [2.24, 2.45) is 7.05 Å². The molecule has 0 fully saturated rings. The van der Waals surface area contributed by atoms with Crippen LogP contribution in [0.15, 0.2) is 61.1 Å². The van der Waals surface area contributed by atoms with Gasteiger partial charge in [0.1, 0.15) is 10.8 Å². The van der Waals surface area contributed by atoms with Crippen LogP contribution < -0.4 is 10.6 Å². The maximum absolute atomic E-state index is 12.1. The Labute approximate surface area is 202 Å². The lowest BCUT2D eigenvalue weighted by molar-refractivity contribution is -0.130. The Hall–Kier alpha value is -3.91. The van der Waals surface area contributed by atoms with Crippen LogP contribution in [0.2, 0.25) is 5.02 Å². The number of amides is 1. The van der Waals surface area contributed by atoms with Crippen LogP contribution in [0.4, 0.5) is 23.1 Å². The molecule has 0 saturated carbocycles. The molecule has 0 atom stereocenters. The van der Waals surface area contributed by atoms with Crippen molar-refractivity contribution in [2.45, 2.75) is 19.4 Å². The van der Waals surface area contributed by atoms with E-state index in [1.807, 2.05) is 61.3 Å². The molecule has 4 aromatic rings. The van der Waals surface area contributed by atoms with Gasteiger partial charge >= 0.3 is 0 Å². The number of nitrogens with one attached hydrogen (secondary N) is 2. The first-order valence-corrected chi connectivity index (χ1v) is 11.3. The van der Waals surface area contributed by atoms with Crippen molar-refractivity contribution >= 4 is 40.6 Å². The number of carbonyl (C=O) groups is 1. The largest absolute Gasteiger partial charge is 0.341 e. The minimum Gasteiger partial charge on any atom is -0.341 e. The summed E-state index contributed by atoms with van der Waals surface area (Å²) in [6, 6.07) is 14.0. The zero-order valence-corrected chi connectivity index (χ0v) is 19.7. The van der Waals surface area contributed by atoms with Gasteiger partial charge in [0.05, 0.1) is 11.9 Å². The lowest BCUT2D eigenvalue weighted by atomic mass is 10.0. The average molecular weight is 474 g/mol. The molecule has 0 bridgehead atoms. The summed E-state index contributed by atoms with van der Waals surface area (Å²) in [5.74, 6) is 1.90. The molecule has 1 amide bonds. The average Bonchev–Trinajstić information content (AvgIpc) is 3.20. The minimum atomic E-state index is 0.160. The third kappa shape index (κ3) is 4.45. The first-order valence-electron chi connectivity index (χ1n) is 11.0. The SMILES string of the molecule is CN1Cc2cc(Nc3ncc(Cl)c(Nc4ccccc4-c4nccn4C)n3)ccc2CCC1=O. The molecule has 34 heavy (non-hydrogen) atoms. The molecule has 0 spiro atoms. The molecule has 3 heterocycles. The number of hydrogen-bond acceptors (Lipinski definition) is 6. The van der Waals surface area contributed by atoms with Crippen LogP contribution in [0.5, 0.6) is 0 Å². The molecule has 0 radical (unpaired) electrons. The monoisotopic (exact) mass is 473 g/mol. The molecule has 172 valence electrons. The highest BCUT2D eigenvalue weighted by atomic mass is 35.5. The first kappa shape index (κ1) is 21.9. The summed E-state index contributed by atoms with van der Waals surface area (Å²) in [6.07, 6.45) is 6.52. The van der Waals surface area contributed by atoms with Gasteiger partial charge < -0.3 is 20.1 Å². The van der Waals surface area contributed by atoms with Crippen molar-refractivity contribution in [1.29, 1.82) is 0 Å². The zero-order valence-electron chi connectivity index (χ0n) is 18.9. The van der Waals surface area contributed by atoms with Crippen LogP contribution in [0, 0.1) is 0 Å². The van der Waals surface area contributed by atoms with E-state index in [-0.39, 0.29) is 5.91 Å². The lowest BCUT2D eigenvalue weighted by Gasteiger charge is -2.16. The molecule has 9 heteroatoms. The van der Waals surface area contributed by atoms with E-state index in [4.69, 9.17) is 11.6 Å². The van der Waals surface area contributed by atoms with Gasteiger partial charge in [-0.15, -0.1) is 0 Å². The van der Waals surface area contributed by atoms with E-state index in [2.05, 4.69) is 31.7 Å². The van der Waals surface area contributed by atoms with E-state index in [0.717, 1.165) is 34.7 Å². The molecule has 0 unspecified atom stereocenters. The number of imidazole rings is 1. The second kappa shape index (κ2) is 9.15. The summed E-state index contributed by atoms with van der Waals surface area (Å²) in [6.45, 7) is 0.585. The number of aromatic nitrogens is 4. The van der Waals surface area contributed by atoms with Crippen LogP contribution >= 0.6 is 11.6 Å². The van der Waals surface area contributed by atoms with Gasteiger partial charge in [-0.2, -0.15) is 4.98 Å². The fraction of sp³-hybridized carbons (Fsp3) is 0.200. The lowest BCUT2D eigenvalue weighted by Crippen LogP contribution is -2.24. The van der Waals surface area contributed by atoms with Crippen molar-refractivity contribution in [3.05, 3.63) is 77.2 Å². The number of anilines is 4. The number of rotatable bonds is 5. The highest BCUT2D eigenvalue weighted by Gasteiger charge is 2.18. The molecule has 1 aliphatic rings. The Morgan fingerprint density at radius 3 is 2.68 bits per heavy atom. The van der Waals surface area contributed by atoms with Crippen molar-refractivity contribution in [2.75, 3.05) is 17.7 Å². The number of nitrogens with zero attached hydrogens (tertiary/aromatic N) is 5. The predicted molar refractivity (Wildman–Crippen MR) is 133 cm³/mol. The van der Waals surface area contributed by atoms with Gasteiger partial charge in [0, 0.05) is 50.7 Å². The first-order chi connectivity index (χ1) is 16.5. The highest BCUT2D eigenvalue weighted by Crippen LogP contribution is 2.31. The number of para-hydroxylation sites is 1. The number of fused-ring (bicyclic) bond motifs is 1. The number of aryl methyl sites for hydroxylation is 2. The Morgan fingerprint density at radius 1 is 1.00 bits per heavy atom. The van der Waals surface area contributed by atoms with Crippen LogP contribution in [0.1, 0.15) is 17.5 Å². The Morgan fingerprint density at radius 2 is 1.85 bits per heavy atom. The van der Waals surface area contributed by atoms with Crippen LogP contribution in [0.3, 0.4) is 0 Å². The quantitative estimate of drug-likeness (QED) is 0.427. The summed E-state index contributed by atoms with van der Waals surface area (Å²) >= 11 is 6.43. The van der Waals surface area contributed by atoms with Gasteiger partial charge in [0.15, 0.2) is 5.82 Å². The number of hydrogen-bond donors (Lipinski definition) is 2. The second-order valence-electron chi connectivity index (χ2n) is 8.28. The molecule has 2 aromatic heterocycles. The minimum absolute atomic E-state index is 0.160. The standard InChI is InChI=1S/C25H24ClN7O/c1-32-12-11-27-24(32)19-5-3-4-6-21(19)30-23-20(26)14-28-25(31-23)29-18-9-7-16-8-10-22(34)33(2)15-17(16)13-18/h3-7,9,11-14H,8,10,15H2,1-2H3,(H2,28,29,30,31). The Kier molecular flexibility index (Phi) is 5.90. The molecule has 0 saturated heterocycles. The molecule has 8 nitrogen and oxygen atoms in total. The smallest absolute Gasteiger partial charge is 0.229 e. The maximum Gasteiger partial charge on any atom is 0.229 e. The number of benzene rings is 2. The summed E-state index contributed by atoms with van der Waals surface area (Å²) in [4.78, 5) is 27.2. The van der Waals surface area contributed by atoms with E-state index < -0.39 is 0 Å².